The van der Waals surface area contributed by atoms with Gasteiger partial charge in [-0.25, -0.2) is 0 Å². The zero-order valence-electron chi connectivity index (χ0n) is 7.99. The first-order chi connectivity index (χ1) is 6.77. The Labute approximate surface area is 87.4 Å². The van der Waals surface area contributed by atoms with Crippen LogP contribution >= 0.6 is 11.3 Å². The van der Waals surface area contributed by atoms with E-state index in [0.717, 1.165) is 6.42 Å². The van der Waals surface area contributed by atoms with Gasteiger partial charge in [-0.05, 0) is 17.9 Å². The van der Waals surface area contributed by atoms with Crippen molar-refractivity contribution in [2.45, 2.75) is 25.8 Å². The van der Waals surface area contributed by atoms with Crippen LogP contribution in [-0.2, 0) is 0 Å². The fraction of sp³-hybridized carbons (Fsp3) is 0.400. The second-order valence-corrected chi connectivity index (χ2v) is 3.74. The van der Waals surface area contributed by atoms with Gasteiger partial charge in [0.25, 0.3) is 5.91 Å². The first kappa shape index (κ1) is 10.7. The molecule has 0 saturated heterocycles. The molecule has 1 amide bonds. The highest BCUT2D eigenvalue weighted by molar-refractivity contribution is 7.08. The molecule has 1 rings (SSSR count). The molecule has 1 N–H and O–H groups in total. The Bertz CT molecular complexity index is 326. The Kier molecular flexibility index (Phi) is 4.14. The molecule has 0 saturated carbocycles. The van der Waals surface area contributed by atoms with Crippen LogP contribution in [0.1, 0.15) is 30.1 Å². The Morgan fingerprint density at radius 1 is 1.79 bits per heavy atom. The molecule has 0 spiro atoms. The fourth-order valence-corrected chi connectivity index (χ4v) is 1.73. The molecule has 0 aliphatic rings. The lowest BCUT2D eigenvalue weighted by Gasteiger charge is -2.08. The van der Waals surface area contributed by atoms with Crippen molar-refractivity contribution in [1.29, 1.82) is 5.26 Å². The normalized spacial score (nSPS) is 11.7. The van der Waals surface area contributed by atoms with Gasteiger partial charge in [0.05, 0.1) is 11.6 Å². The van der Waals surface area contributed by atoms with Gasteiger partial charge in [0, 0.05) is 5.38 Å². The van der Waals surface area contributed by atoms with Crippen molar-refractivity contribution in [1.82, 2.24) is 5.32 Å². The Hall–Kier alpha value is -1.34. The van der Waals surface area contributed by atoms with E-state index in [-0.39, 0.29) is 11.9 Å². The molecular weight excluding hydrogens is 196 g/mol. The number of thiophene rings is 1. The Morgan fingerprint density at radius 2 is 2.57 bits per heavy atom. The predicted octanol–water partition coefficient (Wildman–Crippen LogP) is 2.17. The quantitative estimate of drug-likeness (QED) is 0.824. The van der Waals surface area contributed by atoms with E-state index in [1.807, 2.05) is 12.3 Å². The smallest absolute Gasteiger partial charge is 0.253 e. The predicted molar refractivity (Wildman–Crippen MR) is 56.1 cm³/mol. The SMILES string of the molecule is CCCC(C#N)NC(=O)c1ccsc1. The largest absolute Gasteiger partial charge is 0.336 e. The van der Waals surface area contributed by atoms with E-state index in [2.05, 4.69) is 11.4 Å². The van der Waals surface area contributed by atoms with Gasteiger partial charge in [-0.3, -0.25) is 4.79 Å². The molecule has 1 unspecified atom stereocenters. The van der Waals surface area contributed by atoms with Gasteiger partial charge >= 0.3 is 0 Å². The topological polar surface area (TPSA) is 52.9 Å². The van der Waals surface area contributed by atoms with Crippen LogP contribution in [0.15, 0.2) is 16.8 Å². The van der Waals surface area contributed by atoms with Gasteiger partial charge in [0.2, 0.25) is 0 Å². The fourth-order valence-electron chi connectivity index (χ4n) is 1.09. The molecule has 1 aromatic rings. The second kappa shape index (κ2) is 5.40. The molecule has 0 bridgehead atoms. The lowest BCUT2D eigenvalue weighted by atomic mass is 10.2. The number of amides is 1. The summed E-state index contributed by atoms with van der Waals surface area (Å²) in [5, 5.41) is 15.0. The number of nitriles is 1. The minimum absolute atomic E-state index is 0.161. The van der Waals surface area contributed by atoms with Crippen molar-refractivity contribution in [3.05, 3.63) is 22.4 Å². The standard InChI is InChI=1S/C10H12N2OS/c1-2-3-9(6-11)12-10(13)8-4-5-14-7-8/h4-5,7,9H,2-3H2,1H3,(H,12,13). The summed E-state index contributed by atoms with van der Waals surface area (Å²) in [7, 11) is 0. The Balaban J connectivity index is 2.52. The third-order valence-electron chi connectivity index (χ3n) is 1.82. The van der Waals surface area contributed by atoms with E-state index in [9.17, 15) is 4.79 Å². The second-order valence-electron chi connectivity index (χ2n) is 2.96. The molecule has 74 valence electrons. The van der Waals surface area contributed by atoms with Gasteiger partial charge in [0.1, 0.15) is 6.04 Å². The van der Waals surface area contributed by atoms with Crippen molar-refractivity contribution in [2.24, 2.45) is 0 Å². The molecule has 1 heterocycles. The van der Waals surface area contributed by atoms with Crippen molar-refractivity contribution in [3.8, 4) is 6.07 Å². The molecule has 3 nitrogen and oxygen atoms in total. The van der Waals surface area contributed by atoms with E-state index in [1.54, 1.807) is 11.4 Å². The lowest BCUT2D eigenvalue weighted by molar-refractivity contribution is 0.0944. The molecule has 4 heteroatoms. The van der Waals surface area contributed by atoms with Crippen LogP contribution in [0.3, 0.4) is 0 Å². The number of nitrogens with one attached hydrogen (secondary N) is 1. The highest BCUT2D eigenvalue weighted by Crippen LogP contribution is 2.06. The number of carbonyl (C=O) groups excluding carboxylic acids is 1. The van der Waals surface area contributed by atoms with Crippen LogP contribution in [0.2, 0.25) is 0 Å². The summed E-state index contributed by atoms with van der Waals surface area (Å²) in [6, 6.07) is 3.45. The molecule has 0 fully saturated rings. The van der Waals surface area contributed by atoms with Crippen LogP contribution in [0.5, 0.6) is 0 Å². The molecule has 14 heavy (non-hydrogen) atoms. The van der Waals surface area contributed by atoms with E-state index in [4.69, 9.17) is 5.26 Å². The van der Waals surface area contributed by atoms with E-state index >= 15 is 0 Å². The third kappa shape index (κ3) is 2.86. The molecule has 1 aromatic heterocycles. The van der Waals surface area contributed by atoms with Crippen LogP contribution in [0, 0.1) is 11.3 Å². The van der Waals surface area contributed by atoms with Crippen molar-refractivity contribution >= 4 is 17.2 Å². The minimum atomic E-state index is -0.368. The van der Waals surface area contributed by atoms with E-state index in [1.165, 1.54) is 11.3 Å². The minimum Gasteiger partial charge on any atom is -0.336 e. The molecule has 1 atom stereocenters. The maximum Gasteiger partial charge on any atom is 0.253 e. The number of rotatable bonds is 4. The first-order valence-corrected chi connectivity index (χ1v) is 5.45. The van der Waals surface area contributed by atoms with Gasteiger partial charge in [0.15, 0.2) is 0 Å². The van der Waals surface area contributed by atoms with E-state index in [0.29, 0.717) is 12.0 Å². The molecule has 0 radical (unpaired) electrons. The summed E-state index contributed by atoms with van der Waals surface area (Å²) in [6.07, 6.45) is 1.59. The number of carbonyl (C=O) groups is 1. The van der Waals surface area contributed by atoms with E-state index < -0.39 is 0 Å². The third-order valence-corrected chi connectivity index (χ3v) is 2.51. The number of hydrogen-bond acceptors (Lipinski definition) is 3. The summed E-state index contributed by atoms with van der Waals surface area (Å²) in [5.41, 5.74) is 0.631. The van der Waals surface area contributed by atoms with Crippen LogP contribution in [0.25, 0.3) is 0 Å². The van der Waals surface area contributed by atoms with Gasteiger partial charge in [-0.15, -0.1) is 0 Å². The average Bonchev–Trinajstić information content (AvgIpc) is 2.69. The maximum absolute atomic E-state index is 11.5. The summed E-state index contributed by atoms with van der Waals surface area (Å²) in [6.45, 7) is 1.99. The molecule has 0 aromatic carbocycles. The average molecular weight is 208 g/mol. The van der Waals surface area contributed by atoms with Crippen molar-refractivity contribution < 1.29 is 4.79 Å². The number of hydrogen-bond donors (Lipinski definition) is 1. The summed E-state index contributed by atoms with van der Waals surface area (Å²) >= 11 is 1.47. The monoisotopic (exact) mass is 208 g/mol. The van der Waals surface area contributed by atoms with Gasteiger partial charge in [-0.1, -0.05) is 13.3 Å². The number of nitrogens with zero attached hydrogens (tertiary/aromatic N) is 1. The zero-order valence-corrected chi connectivity index (χ0v) is 8.80. The molecule has 0 aliphatic heterocycles. The van der Waals surface area contributed by atoms with Crippen LogP contribution < -0.4 is 5.32 Å². The summed E-state index contributed by atoms with van der Waals surface area (Å²) in [4.78, 5) is 11.5. The van der Waals surface area contributed by atoms with Gasteiger partial charge < -0.3 is 5.32 Å². The zero-order chi connectivity index (χ0) is 10.4. The lowest BCUT2D eigenvalue weighted by Crippen LogP contribution is -2.33. The summed E-state index contributed by atoms with van der Waals surface area (Å²) in [5.74, 6) is -0.161. The maximum atomic E-state index is 11.5. The first-order valence-electron chi connectivity index (χ1n) is 4.50. The van der Waals surface area contributed by atoms with Crippen molar-refractivity contribution in [3.63, 3.8) is 0 Å². The summed E-state index contributed by atoms with van der Waals surface area (Å²) < 4.78 is 0. The van der Waals surface area contributed by atoms with Crippen molar-refractivity contribution in [2.75, 3.05) is 0 Å². The molecular formula is C10H12N2OS. The highest BCUT2D eigenvalue weighted by atomic mass is 32.1. The highest BCUT2D eigenvalue weighted by Gasteiger charge is 2.11. The van der Waals surface area contributed by atoms with Crippen LogP contribution in [0.4, 0.5) is 0 Å². The van der Waals surface area contributed by atoms with Crippen LogP contribution in [-0.4, -0.2) is 11.9 Å². The Morgan fingerprint density at radius 3 is 3.07 bits per heavy atom. The molecule has 0 aliphatic carbocycles. The van der Waals surface area contributed by atoms with Gasteiger partial charge in [-0.2, -0.15) is 16.6 Å².